The van der Waals surface area contributed by atoms with Gasteiger partial charge < -0.3 is 24.6 Å². The molecule has 1 fully saturated rings. The number of nitrogens with one attached hydrogen (secondary N) is 1. The summed E-state index contributed by atoms with van der Waals surface area (Å²) in [5.74, 6) is -0.306. The molecule has 3 heterocycles. The molecule has 8 heteroatoms. The van der Waals surface area contributed by atoms with Crippen LogP contribution in [0.1, 0.15) is 35.5 Å². The second-order valence-electron chi connectivity index (χ2n) is 9.08. The van der Waals surface area contributed by atoms with Crippen molar-refractivity contribution in [2.24, 2.45) is 7.05 Å². The number of aromatic nitrogens is 2. The summed E-state index contributed by atoms with van der Waals surface area (Å²) >= 11 is 0. The van der Waals surface area contributed by atoms with Crippen LogP contribution in [-0.2, 0) is 17.4 Å². The van der Waals surface area contributed by atoms with Crippen molar-refractivity contribution in [3.63, 3.8) is 0 Å². The fraction of sp³-hybridized carbons (Fsp3) is 0.346. The molecule has 0 unspecified atom stereocenters. The number of hydrogen-bond donors (Lipinski definition) is 2. The molecule has 0 spiro atoms. The number of anilines is 2. The van der Waals surface area contributed by atoms with E-state index in [0.29, 0.717) is 48.8 Å². The number of pyridine rings is 2. The molecule has 178 valence electrons. The van der Waals surface area contributed by atoms with Gasteiger partial charge in [-0.05, 0) is 50.6 Å². The van der Waals surface area contributed by atoms with Crippen molar-refractivity contribution in [2.45, 2.75) is 26.4 Å². The van der Waals surface area contributed by atoms with E-state index in [9.17, 15) is 14.7 Å². The molecule has 1 aliphatic rings. The molecule has 3 aromatic rings. The van der Waals surface area contributed by atoms with Gasteiger partial charge >= 0.3 is 0 Å². The Kier molecular flexibility index (Phi) is 6.54. The smallest absolute Gasteiger partial charge is 0.273 e. The third kappa shape index (κ3) is 5.03. The van der Waals surface area contributed by atoms with Crippen LogP contribution >= 0.6 is 0 Å². The summed E-state index contributed by atoms with van der Waals surface area (Å²) in [6.45, 7) is 7.75. The van der Waals surface area contributed by atoms with Crippen LogP contribution in [0.2, 0.25) is 0 Å². The highest BCUT2D eigenvalue weighted by atomic mass is 16.5. The van der Waals surface area contributed by atoms with E-state index in [-0.39, 0.29) is 11.5 Å². The second kappa shape index (κ2) is 9.40. The molecule has 1 saturated heterocycles. The molecule has 2 N–H and O–H groups in total. The summed E-state index contributed by atoms with van der Waals surface area (Å²) in [6.07, 6.45) is 3.31. The van der Waals surface area contributed by atoms with Crippen LogP contribution in [0.4, 0.5) is 11.4 Å². The average Bonchev–Trinajstić information content (AvgIpc) is 2.81. The van der Waals surface area contributed by atoms with Crippen LogP contribution in [-0.4, -0.2) is 46.9 Å². The lowest BCUT2D eigenvalue weighted by Gasteiger charge is -2.28. The highest BCUT2D eigenvalue weighted by Gasteiger charge is 2.19. The van der Waals surface area contributed by atoms with Crippen molar-refractivity contribution in [1.29, 1.82) is 0 Å². The Balaban J connectivity index is 1.66. The van der Waals surface area contributed by atoms with Gasteiger partial charge in [0.1, 0.15) is 5.69 Å². The molecule has 4 rings (SSSR count). The lowest BCUT2D eigenvalue weighted by molar-refractivity contribution is 0.0786. The largest absolute Gasteiger partial charge is 0.386 e. The molecule has 1 aromatic carbocycles. The standard InChI is InChI=1S/C26H30N4O4/c1-17-22(19-13-23(25(32)29(4)16-19)30-8-10-34-11-9-30)12-18(15-27-17)24(31)28-21-7-5-6-20(14-21)26(2,3)33/h5-7,12-16,33H,8-11H2,1-4H3,(H,28,31). The van der Waals surface area contributed by atoms with Crippen molar-refractivity contribution >= 4 is 17.3 Å². The number of rotatable bonds is 5. The van der Waals surface area contributed by atoms with Gasteiger partial charge in [0.2, 0.25) is 0 Å². The van der Waals surface area contributed by atoms with Crippen molar-refractivity contribution in [2.75, 3.05) is 36.5 Å². The third-order valence-electron chi connectivity index (χ3n) is 6.00. The number of morpholine rings is 1. The maximum Gasteiger partial charge on any atom is 0.273 e. The first-order valence-electron chi connectivity index (χ1n) is 11.3. The Labute approximate surface area is 198 Å². The first-order valence-corrected chi connectivity index (χ1v) is 11.3. The SMILES string of the molecule is Cc1ncc(C(=O)Nc2cccc(C(C)(C)O)c2)cc1-c1cc(N2CCOCC2)c(=O)n(C)c1. The van der Waals surface area contributed by atoms with Gasteiger partial charge in [0.05, 0.1) is 24.4 Å². The van der Waals surface area contributed by atoms with Gasteiger partial charge in [-0.1, -0.05) is 12.1 Å². The molecule has 0 aliphatic carbocycles. The van der Waals surface area contributed by atoms with E-state index in [1.165, 1.54) is 0 Å². The monoisotopic (exact) mass is 462 g/mol. The highest BCUT2D eigenvalue weighted by molar-refractivity contribution is 6.04. The summed E-state index contributed by atoms with van der Waals surface area (Å²) in [7, 11) is 1.73. The summed E-state index contributed by atoms with van der Waals surface area (Å²) in [5, 5.41) is 13.1. The van der Waals surface area contributed by atoms with Gasteiger partial charge in [0.15, 0.2) is 0 Å². The number of ether oxygens (including phenoxy) is 1. The third-order valence-corrected chi connectivity index (χ3v) is 6.00. The molecule has 0 atom stereocenters. The van der Waals surface area contributed by atoms with Crippen molar-refractivity contribution in [3.8, 4) is 11.1 Å². The van der Waals surface area contributed by atoms with Crippen LogP contribution in [0.25, 0.3) is 11.1 Å². The van der Waals surface area contributed by atoms with E-state index in [1.54, 1.807) is 62.1 Å². The van der Waals surface area contributed by atoms with Crippen molar-refractivity contribution in [3.05, 3.63) is 76.0 Å². The summed E-state index contributed by atoms with van der Waals surface area (Å²) in [6, 6.07) is 10.8. The minimum atomic E-state index is -1.01. The normalized spacial score (nSPS) is 14.2. The first kappa shape index (κ1) is 23.7. The predicted molar refractivity (Wildman–Crippen MR) is 132 cm³/mol. The summed E-state index contributed by atoms with van der Waals surface area (Å²) in [5.41, 5.74) is 3.56. The molecule has 2 aromatic heterocycles. The maximum atomic E-state index is 13.0. The fourth-order valence-corrected chi connectivity index (χ4v) is 4.00. The fourth-order valence-electron chi connectivity index (χ4n) is 4.00. The van der Waals surface area contributed by atoms with E-state index >= 15 is 0 Å². The van der Waals surface area contributed by atoms with Crippen LogP contribution < -0.4 is 15.8 Å². The van der Waals surface area contributed by atoms with E-state index < -0.39 is 5.60 Å². The molecular formula is C26H30N4O4. The number of amides is 1. The Morgan fingerprint density at radius 2 is 1.91 bits per heavy atom. The Morgan fingerprint density at radius 3 is 2.62 bits per heavy atom. The van der Waals surface area contributed by atoms with Gasteiger partial charge in [-0.15, -0.1) is 0 Å². The molecule has 34 heavy (non-hydrogen) atoms. The first-order chi connectivity index (χ1) is 16.1. The number of nitrogens with zero attached hydrogens (tertiary/aromatic N) is 3. The zero-order valence-corrected chi connectivity index (χ0v) is 20.0. The topological polar surface area (TPSA) is 96.7 Å². The lowest BCUT2D eigenvalue weighted by atomic mass is 9.98. The quantitative estimate of drug-likeness (QED) is 0.605. The van der Waals surface area contributed by atoms with E-state index in [0.717, 1.165) is 16.8 Å². The number of aliphatic hydroxyl groups is 1. The van der Waals surface area contributed by atoms with Crippen LogP contribution in [0, 0.1) is 6.92 Å². The molecule has 1 amide bonds. The Bertz CT molecular complexity index is 1270. The minimum absolute atomic E-state index is 0.0724. The highest BCUT2D eigenvalue weighted by Crippen LogP contribution is 2.27. The lowest BCUT2D eigenvalue weighted by Crippen LogP contribution is -2.40. The van der Waals surface area contributed by atoms with Gasteiger partial charge in [-0.3, -0.25) is 14.6 Å². The Hall–Kier alpha value is -3.49. The van der Waals surface area contributed by atoms with Crippen molar-refractivity contribution < 1.29 is 14.6 Å². The van der Waals surface area contributed by atoms with Gasteiger partial charge in [0.25, 0.3) is 11.5 Å². The number of aryl methyl sites for hydroxylation is 2. The predicted octanol–water partition coefficient (Wildman–Crippen LogP) is 3.07. The van der Waals surface area contributed by atoms with Crippen LogP contribution in [0.5, 0.6) is 0 Å². The zero-order chi connectivity index (χ0) is 24.5. The number of hydrogen-bond acceptors (Lipinski definition) is 6. The average molecular weight is 463 g/mol. The van der Waals surface area contributed by atoms with Gasteiger partial charge in [-0.2, -0.15) is 0 Å². The summed E-state index contributed by atoms with van der Waals surface area (Å²) < 4.78 is 6.99. The van der Waals surface area contributed by atoms with Crippen molar-refractivity contribution in [1.82, 2.24) is 9.55 Å². The number of carbonyl (C=O) groups excluding carboxylic acids is 1. The number of carbonyl (C=O) groups is 1. The zero-order valence-electron chi connectivity index (χ0n) is 20.0. The second-order valence-corrected chi connectivity index (χ2v) is 9.08. The molecule has 8 nitrogen and oxygen atoms in total. The van der Waals surface area contributed by atoms with Gasteiger partial charge in [-0.25, -0.2) is 0 Å². The van der Waals surface area contributed by atoms with Crippen LogP contribution in [0.3, 0.4) is 0 Å². The van der Waals surface area contributed by atoms with Crippen LogP contribution in [0.15, 0.2) is 53.6 Å². The van der Waals surface area contributed by atoms with E-state index in [2.05, 4.69) is 10.3 Å². The maximum absolute atomic E-state index is 13.0. The minimum Gasteiger partial charge on any atom is -0.386 e. The Morgan fingerprint density at radius 1 is 1.18 bits per heavy atom. The molecular weight excluding hydrogens is 432 g/mol. The van der Waals surface area contributed by atoms with Gasteiger partial charge in [0, 0.05) is 55.0 Å². The molecule has 1 aliphatic heterocycles. The van der Waals surface area contributed by atoms with E-state index in [1.807, 2.05) is 24.0 Å². The molecule has 0 bridgehead atoms. The van der Waals surface area contributed by atoms with E-state index in [4.69, 9.17) is 4.74 Å². The number of benzene rings is 1. The summed E-state index contributed by atoms with van der Waals surface area (Å²) in [4.78, 5) is 32.3. The molecule has 0 radical (unpaired) electrons. The molecule has 0 saturated carbocycles.